The first-order chi connectivity index (χ1) is 13.1. The summed E-state index contributed by atoms with van der Waals surface area (Å²) in [5.41, 5.74) is 2.29. The molecule has 1 aromatic heterocycles. The van der Waals surface area contributed by atoms with E-state index >= 15 is 0 Å². The maximum Gasteiger partial charge on any atom is 0.270 e. The Balaban J connectivity index is 1.58. The van der Waals surface area contributed by atoms with Crippen LogP contribution in [0.3, 0.4) is 0 Å². The molecule has 27 heavy (non-hydrogen) atoms. The molecule has 144 valence electrons. The zero-order valence-corrected chi connectivity index (χ0v) is 16.6. The minimum absolute atomic E-state index is 0.175. The van der Waals surface area contributed by atoms with E-state index in [0.29, 0.717) is 29.3 Å². The molecule has 6 heteroatoms. The Hall–Kier alpha value is -2.14. The second-order valence-electron chi connectivity index (χ2n) is 7.19. The van der Waals surface area contributed by atoms with Crippen molar-refractivity contribution in [2.24, 2.45) is 0 Å². The fourth-order valence-electron chi connectivity index (χ4n) is 3.46. The molecule has 2 N–H and O–H groups in total. The normalized spacial score (nSPS) is 15.2. The summed E-state index contributed by atoms with van der Waals surface area (Å²) in [7, 11) is 0. The summed E-state index contributed by atoms with van der Waals surface area (Å²) in [6.07, 6.45) is 8.07. The molecular formula is C21H27ClN4O. The number of amides is 1. The van der Waals surface area contributed by atoms with Gasteiger partial charge < -0.3 is 10.6 Å². The van der Waals surface area contributed by atoms with Gasteiger partial charge in [-0.05, 0) is 49.9 Å². The number of halogens is 1. The van der Waals surface area contributed by atoms with E-state index in [1.165, 1.54) is 25.7 Å². The Kier molecular flexibility index (Phi) is 7.04. The van der Waals surface area contributed by atoms with Crippen LogP contribution in [0, 0.1) is 6.92 Å². The van der Waals surface area contributed by atoms with Crippen molar-refractivity contribution in [1.29, 1.82) is 0 Å². The second kappa shape index (κ2) is 9.70. The lowest BCUT2D eigenvalue weighted by molar-refractivity contribution is 0.0949. The Morgan fingerprint density at radius 3 is 2.67 bits per heavy atom. The Morgan fingerprint density at radius 1 is 1.15 bits per heavy atom. The van der Waals surface area contributed by atoms with Crippen LogP contribution in [0.5, 0.6) is 0 Å². The van der Waals surface area contributed by atoms with E-state index in [-0.39, 0.29) is 5.91 Å². The van der Waals surface area contributed by atoms with Crippen LogP contribution in [0.1, 0.15) is 60.3 Å². The van der Waals surface area contributed by atoms with Gasteiger partial charge in [-0.1, -0.05) is 49.4 Å². The van der Waals surface area contributed by atoms with E-state index in [0.717, 1.165) is 30.5 Å². The lowest BCUT2D eigenvalue weighted by Crippen LogP contribution is -2.28. The largest absolute Gasteiger partial charge is 0.351 e. The van der Waals surface area contributed by atoms with E-state index < -0.39 is 0 Å². The summed E-state index contributed by atoms with van der Waals surface area (Å²) in [6, 6.07) is 9.80. The van der Waals surface area contributed by atoms with Crippen molar-refractivity contribution in [3.05, 3.63) is 52.3 Å². The van der Waals surface area contributed by atoms with Crippen LogP contribution in [0.15, 0.2) is 30.3 Å². The van der Waals surface area contributed by atoms with Crippen molar-refractivity contribution < 1.29 is 4.79 Å². The molecule has 0 spiro atoms. The first-order valence-corrected chi connectivity index (χ1v) is 10.1. The number of nitrogens with zero attached hydrogens (tertiary/aromatic N) is 2. The summed E-state index contributed by atoms with van der Waals surface area (Å²) < 4.78 is 0. The highest BCUT2D eigenvalue weighted by Gasteiger charge is 2.15. The fourth-order valence-corrected chi connectivity index (χ4v) is 3.67. The Morgan fingerprint density at radius 2 is 1.93 bits per heavy atom. The van der Waals surface area contributed by atoms with E-state index in [2.05, 4.69) is 20.6 Å². The van der Waals surface area contributed by atoms with Crippen LogP contribution < -0.4 is 10.6 Å². The third kappa shape index (κ3) is 6.21. The maximum absolute atomic E-state index is 12.5. The first kappa shape index (κ1) is 19.6. The molecule has 1 heterocycles. The van der Waals surface area contributed by atoms with Crippen LogP contribution in [0.4, 0.5) is 5.95 Å². The maximum atomic E-state index is 12.5. The number of anilines is 1. The van der Waals surface area contributed by atoms with Crippen LogP contribution in [0.2, 0.25) is 5.02 Å². The zero-order chi connectivity index (χ0) is 19.1. The number of nitrogens with one attached hydrogen (secondary N) is 2. The number of hydrogen-bond acceptors (Lipinski definition) is 4. The molecule has 1 saturated carbocycles. The summed E-state index contributed by atoms with van der Waals surface area (Å²) in [6.45, 7) is 2.43. The predicted molar refractivity (Wildman–Crippen MR) is 109 cm³/mol. The van der Waals surface area contributed by atoms with Crippen LogP contribution >= 0.6 is 11.6 Å². The van der Waals surface area contributed by atoms with Gasteiger partial charge in [0, 0.05) is 23.3 Å². The van der Waals surface area contributed by atoms with E-state index in [9.17, 15) is 4.79 Å². The summed E-state index contributed by atoms with van der Waals surface area (Å²) >= 11 is 6.00. The van der Waals surface area contributed by atoms with Crippen molar-refractivity contribution >= 4 is 23.5 Å². The van der Waals surface area contributed by atoms with Gasteiger partial charge in [-0.25, -0.2) is 9.97 Å². The molecule has 0 bridgehead atoms. The highest BCUT2D eigenvalue weighted by Crippen LogP contribution is 2.20. The third-order valence-electron chi connectivity index (χ3n) is 4.86. The number of carbonyl (C=O) groups is 1. The third-order valence-corrected chi connectivity index (χ3v) is 5.10. The average Bonchev–Trinajstić information content (AvgIpc) is 2.90. The standard InChI is InChI=1S/C21H27ClN4O/c1-15-13-19(20(27)23-12-11-16-7-6-8-17(22)14-16)26-21(24-15)25-18-9-4-2-3-5-10-18/h6-8,13-14,18H,2-5,9-12H2,1H3,(H,23,27)(H,24,25,26). The molecular weight excluding hydrogens is 360 g/mol. The van der Waals surface area contributed by atoms with Crippen molar-refractivity contribution in [1.82, 2.24) is 15.3 Å². The molecule has 2 aromatic rings. The molecule has 1 fully saturated rings. The van der Waals surface area contributed by atoms with Gasteiger partial charge in [0.1, 0.15) is 5.69 Å². The minimum atomic E-state index is -0.175. The molecule has 1 amide bonds. The van der Waals surface area contributed by atoms with Gasteiger partial charge in [0.25, 0.3) is 5.91 Å². The highest BCUT2D eigenvalue weighted by atomic mass is 35.5. The number of rotatable bonds is 6. The molecule has 1 aromatic carbocycles. The summed E-state index contributed by atoms with van der Waals surface area (Å²) in [4.78, 5) is 21.4. The monoisotopic (exact) mass is 386 g/mol. The fraction of sp³-hybridized carbons (Fsp3) is 0.476. The Labute approximate surface area is 166 Å². The van der Waals surface area contributed by atoms with Gasteiger partial charge in [-0.2, -0.15) is 0 Å². The summed E-state index contributed by atoms with van der Waals surface area (Å²) in [5.74, 6) is 0.383. The number of carbonyl (C=O) groups excluding carboxylic acids is 1. The quantitative estimate of drug-likeness (QED) is 0.715. The van der Waals surface area contributed by atoms with Gasteiger partial charge in [-0.15, -0.1) is 0 Å². The highest BCUT2D eigenvalue weighted by molar-refractivity contribution is 6.30. The molecule has 5 nitrogen and oxygen atoms in total. The van der Waals surface area contributed by atoms with E-state index in [1.54, 1.807) is 6.07 Å². The Bertz CT molecular complexity index is 773. The first-order valence-electron chi connectivity index (χ1n) is 9.75. The number of aryl methyl sites for hydroxylation is 1. The van der Waals surface area contributed by atoms with Gasteiger partial charge >= 0.3 is 0 Å². The number of hydrogen-bond donors (Lipinski definition) is 2. The smallest absolute Gasteiger partial charge is 0.270 e. The van der Waals surface area contributed by atoms with Crippen LogP contribution in [-0.4, -0.2) is 28.5 Å². The topological polar surface area (TPSA) is 66.9 Å². The molecule has 1 aliphatic rings. The molecule has 1 aliphatic carbocycles. The SMILES string of the molecule is Cc1cc(C(=O)NCCc2cccc(Cl)c2)nc(NC2CCCCCC2)n1. The molecule has 0 atom stereocenters. The van der Waals surface area contributed by atoms with E-state index in [1.807, 2.05) is 31.2 Å². The van der Waals surface area contributed by atoms with Gasteiger partial charge in [0.15, 0.2) is 0 Å². The van der Waals surface area contributed by atoms with Crippen LogP contribution in [-0.2, 0) is 6.42 Å². The summed E-state index contributed by atoms with van der Waals surface area (Å²) in [5, 5.41) is 7.07. The van der Waals surface area contributed by atoms with Crippen molar-refractivity contribution in [3.63, 3.8) is 0 Å². The molecule has 3 rings (SSSR count). The zero-order valence-electron chi connectivity index (χ0n) is 15.8. The minimum Gasteiger partial charge on any atom is -0.351 e. The van der Waals surface area contributed by atoms with E-state index in [4.69, 9.17) is 11.6 Å². The molecule has 0 radical (unpaired) electrons. The molecule has 0 saturated heterocycles. The number of benzene rings is 1. The van der Waals surface area contributed by atoms with Gasteiger partial charge in [0.05, 0.1) is 0 Å². The van der Waals surface area contributed by atoms with Gasteiger partial charge in [0.2, 0.25) is 5.95 Å². The van der Waals surface area contributed by atoms with Crippen molar-refractivity contribution in [2.75, 3.05) is 11.9 Å². The molecule has 0 aliphatic heterocycles. The lowest BCUT2D eigenvalue weighted by Gasteiger charge is -2.17. The lowest BCUT2D eigenvalue weighted by atomic mass is 10.1. The predicted octanol–water partition coefficient (Wildman–Crippen LogP) is 4.55. The molecule has 0 unspecified atom stereocenters. The number of aromatic nitrogens is 2. The van der Waals surface area contributed by atoms with Crippen molar-refractivity contribution in [2.45, 2.75) is 57.9 Å². The second-order valence-corrected chi connectivity index (χ2v) is 7.62. The van der Waals surface area contributed by atoms with Crippen LogP contribution in [0.25, 0.3) is 0 Å². The average molecular weight is 387 g/mol. The van der Waals surface area contributed by atoms with Crippen molar-refractivity contribution in [3.8, 4) is 0 Å². The van der Waals surface area contributed by atoms with Gasteiger partial charge in [-0.3, -0.25) is 4.79 Å².